The highest BCUT2D eigenvalue weighted by atomic mass is 16.6. The zero-order valence-corrected chi connectivity index (χ0v) is 13.5. The lowest BCUT2D eigenvalue weighted by Gasteiger charge is -2.30. The molecule has 2 aliphatic rings. The standard InChI is InChI=1S/C16H18N4O5/c21-13(17-11-4-6-12(7-5-11)20(24)25)10-19-14(22)16(18-15(19)23)8-2-1-3-9-16/h4-7H,1-3,8-10H2,(H,17,21)(H,18,23). The van der Waals surface area contributed by atoms with Crippen molar-refractivity contribution in [2.24, 2.45) is 0 Å². The fraction of sp³-hybridized carbons (Fsp3) is 0.438. The van der Waals surface area contributed by atoms with Crippen molar-refractivity contribution in [1.82, 2.24) is 10.2 Å². The third kappa shape index (κ3) is 3.30. The normalized spacial score (nSPS) is 19.0. The highest BCUT2D eigenvalue weighted by Gasteiger charge is 2.51. The first kappa shape index (κ1) is 16.9. The molecule has 25 heavy (non-hydrogen) atoms. The lowest BCUT2D eigenvalue weighted by molar-refractivity contribution is -0.384. The highest BCUT2D eigenvalue weighted by Crippen LogP contribution is 2.33. The Kier molecular flexibility index (Phi) is 4.39. The number of hydrogen-bond acceptors (Lipinski definition) is 5. The molecule has 1 spiro atoms. The van der Waals surface area contributed by atoms with Crippen molar-refractivity contribution in [3.05, 3.63) is 34.4 Å². The zero-order chi connectivity index (χ0) is 18.0. The molecule has 0 unspecified atom stereocenters. The van der Waals surface area contributed by atoms with Gasteiger partial charge in [-0.05, 0) is 25.0 Å². The van der Waals surface area contributed by atoms with Gasteiger partial charge in [0.05, 0.1) is 4.92 Å². The summed E-state index contributed by atoms with van der Waals surface area (Å²) in [5, 5.41) is 15.9. The van der Waals surface area contributed by atoms with Gasteiger partial charge in [-0.1, -0.05) is 19.3 Å². The van der Waals surface area contributed by atoms with Crippen LogP contribution in [0.25, 0.3) is 0 Å². The first-order valence-corrected chi connectivity index (χ1v) is 8.10. The summed E-state index contributed by atoms with van der Waals surface area (Å²) in [4.78, 5) is 47.8. The van der Waals surface area contributed by atoms with E-state index in [1.165, 1.54) is 24.3 Å². The average molecular weight is 346 g/mol. The maximum atomic E-state index is 12.6. The van der Waals surface area contributed by atoms with E-state index in [0.717, 1.165) is 24.2 Å². The average Bonchev–Trinajstić information content (AvgIpc) is 2.80. The van der Waals surface area contributed by atoms with Crippen molar-refractivity contribution in [3.8, 4) is 0 Å². The molecule has 0 radical (unpaired) electrons. The van der Waals surface area contributed by atoms with Gasteiger partial charge in [0.2, 0.25) is 5.91 Å². The summed E-state index contributed by atoms with van der Waals surface area (Å²) >= 11 is 0. The van der Waals surface area contributed by atoms with E-state index in [2.05, 4.69) is 10.6 Å². The number of benzene rings is 1. The Morgan fingerprint density at radius 1 is 1.20 bits per heavy atom. The van der Waals surface area contributed by atoms with E-state index >= 15 is 0 Å². The van der Waals surface area contributed by atoms with Crippen molar-refractivity contribution >= 4 is 29.2 Å². The van der Waals surface area contributed by atoms with Gasteiger partial charge in [0, 0.05) is 17.8 Å². The molecule has 9 heteroatoms. The van der Waals surface area contributed by atoms with Crippen LogP contribution in [0.4, 0.5) is 16.2 Å². The Morgan fingerprint density at radius 2 is 1.84 bits per heavy atom. The molecule has 0 aromatic heterocycles. The molecule has 2 fully saturated rings. The smallest absolute Gasteiger partial charge is 0.325 e. The molecule has 1 aromatic carbocycles. The zero-order valence-electron chi connectivity index (χ0n) is 13.5. The quantitative estimate of drug-likeness (QED) is 0.489. The van der Waals surface area contributed by atoms with Gasteiger partial charge in [0.1, 0.15) is 12.1 Å². The summed E-state index contributed by atoms with van der Waals surface area (Å²) in [6.07, 6.45) is 3.96. The second kappa shape index (κ2) is 6.50. The number of nitro benzene ring substituents is 1. The SMILES string of the molecule is O=C(CN1C(=O)NC2(CCCCC2)C1=O)Nc1ccc([N+](=O)[O-])cc1. The molecule has 4 amide bonds. The van der Waals surface area contributed by atoms with Gasteiger partial charge < -0.3 is 10.6 Å². The molecule has 1 aromatic rings. The third-order valence-electron chi connectivity index (χ3n) is 4.62. The van der Waals surface area contributed by atoms with E-state index in [1.54, 1.807) is 0 Å². The summed E-state index contributed by atoms with van der Waals surface area (Å²) in [5.41, 5.74) is -0.593. The van der Waals surface area contributed by atoms with E-state index in [1.807, 2.05) is 0 Å². The van der Waals surface area contributed by atoms with Gasteiger partial charge >= 0.3 is 6.03 Å². The second-order valence-electron chi connectivity index (χ2n) is 6.32. The molecule has 3 rings (SSSR count). The van der Waals surface area contributed by atoms with Crippen LogP contribution in [0.3, 0.4) is 0 Å². The van der Waals surface area contributed by atoms with Gasteiger partial charge in [-0.25, -0.2) is 4.79 Å². The van der Waals surface area contributed by atoms with Crippen LogP contribution in [-0.4, -0.2) is 39.8 Å². The summed E-state index contributed by atoms with van der Waals surface area (Å²) in [6, 6.07) is 4.77. The summed E-state index contributed by atoms with van der Waals surface area (Å²) in [7, 11) is 0. The fourth-order valence-electron chi connectivity index (χ4n) is 3.32. The minimum Gasteiger partial charge on any atom is -0.325 e. The molecule has 0 atom stereocenters. The summed E-state index contributed by atoms with van der Waals surface area (Å²) in [6.45, 7) is -0.386. The number of imide groups is 1. The molecule has 0 bridgehead atoms. The predicted octanol–water partition coefficient (Wildman–Crippen LogP) is 1.79. The number of carbonyl (C=O) groups excluding carboxylic acids is 3. The van der Waals surface area contributed by atoms with E-state index in [-0.39, 0.29) is 18.1 Å². The van der Waals surface area contributed by atoms with E-state index in [9.17, 15) is 24.5 Å². The lowest BCUT2D eigenvalue weighted by Crippen LogP contribution is -2.48. The monoisotopic (exact) mass is 346 g/mol. The molecule has 2 N–H and O–H groups in total. The number of rotatable bonds is 4. The molecule has 1 aliphatic heterocycles. The van der Waals surface area contributed by atoms with Crippen molar-refractivity contribution in [1.29, 1.82) is 0 Å². The summed E-state index contributed by atoms with van der Waals surface area (Å²) in [5.74, 6) is -0.888. The topological polar surface area (TPSA) is 122 Å². The molecule has 1 heterocycles. The minimum atomic E-state index is -0.858. The number of nitro groups is 1. The number of nitrogens with zero attached hydrogens (tertiary/aromatic N) is 2. The molecule has 9 nitrogen and oxygen atoms in total. The minimum absolute atomic E-state index is 0.0914. The molecule has 1 saturated carbocycles. The van der Waals surface area contributed by atoms with Crippen LogP contribution >= 0.6 is 0 Å². The number of anilines is 1. The van der Waals surface area contributed by atoms with Crippen LogP contribution < -0.4 is 10.6 Å². The maximum absolute atomic E-state index is 12.6. The number of amides is 4. The van der Waals surface area contributed by atoms with Crippen molar-refractivity contribution in [3.63, 3.8) is 0 Å². The van der Waals surface area contributed by atoms with E-state index in [4.69, 9.17) is 0 Å². The first-order chi connectivity index (χ1) is 11.9. The van der Waals surface area contributed by atoms with Gasteiger partial charge in [0.15, 0.2) is 0 Å². The molecule has 1 aliphatic carbocycles. The van der Waals surface area contributed by atoms with E-state index < -0.39 is 22.4 Å². The van der Waals surface area contributed by atoms with E-state index in [0.29, 0.717) is 18.5 Å². The predicted molar refractivity (Wildman–Crippen MR) is 87.8 cm³/mol. The van der Waals surface area contributed by atoms with Crippen molar-refractivity contribution in [2.75, 3.05) is 11.9 Å². The lowest BCUT2D eigenvalue weighted by atomic mass is 9.82. The fourth-order valence-corrected chi connectivity index (χ4v) is 3.32. The number of carbonyl (C=O) groups is 3. The number of non-ortho nitro benzene ring substituents is 1. The Labute approximate surface area is 143 Å². The van der Waals surface area contributed by atoms with Crippen LogP contribution in [0.15, 0.2) is 24.3 Å². The Balaban J connectivity index is 1.63. The molecule has 1 saturated heterocycles. The van der Waals surface area contributed by atoms with Gasteiger partial charge in [-0.15, -0.1) is 0 Å². The van der Waals surface area contributed by atoms with Crippen LogP contribution in [0.1, 0.15) is 32.1 Å². The van der Waals surface area contributed by atoms with Crippen LogP contribution in [0, 0.1) is 10.1 Å². The number of hydrogen-bond donors (Lipinski definition) is 2. The van der Waals surface area contributed by atoms with Gasteiger partial charge in [0.25, 0.3) is 11.6 Å². The Morgan fingerprint density at radius 3 is 2.44 bits per heavy atom. The second-order valence-corrected chi connectivity index (χ2v) is 6.32. The highest BCUT2D eigenvalue weighted by molar-refractivity contribution is 6.10. The van der Waals surface area contributed by atoms with Gasteiger partial charge in [-0.2, -0.15) is 0 Å². The van der Waals surface area contributed by atoms with Gasteiger partial charge in [-0.3, -0.25) is 24.6 Å². The number of urea groups is 1. The largest absolute Gasteiger partial charge is 0.325 e. The number of nitrogens with one attached hydrogen (secondary N) is 2. The molecule has 132 valence electrons. The third-order valence-corrected chi connectivity index (χ3v) is 4.62. The van der Waals surface area contributed by atoms with Crippen molar-refractivity contribution in [2.45, 2.75) is 37.6 Å². The van der Waals surface area contributed by atoms with Crippen LogP contribution in [-0.2, 0) is 9.59 Å². The Bertz CT molecular complexity index is 725. The van der Waals surface area contributed by atoms with Crippen LogP contribution in [0.5, 0.6) is 0 Å². The van der Waals surface area contributed by atoms with Crippen molar-refractivity contribution < 1.29 is 19.3 Å². The molecular formula is C16H18N4O5. The first-order valence-electron chi connectivity index (χ1n) is 8.10. The Hall–Kier alpha value is -2.97. The maximum Gasteiger partial charge on any atom is 0.325 e. The van der Waals surface area contributed by atoms with Crippen LogP contribution in [0.2, 0.25) is 0 Å². The molecular weight excluding hydrogens is 328 g/mol. The summed E-state index contributed by atoms with van der Waals surface area (Å²) < 4.78 is 0.